The van der Waals surface area contributed by atoms with Gasteiger partial charge in [-0.15, -0.1) is 0 Å². The molecule has 7 heteroatoms. The van der Waals surface area contributed by atoms with E-state index in [1.54, 1.807) is 41.2 Å². The van der Waals surface area contributed by atoms with Crippen molar-refractivity contribution in [2.75, 3.05) is 11.9 Å². The molecule has 1 N–H and O–H groups in total. The number of rotatable bonds is 6. The molecule has 0 aliphatic heterocycles. The number of hydrogen-bond acceptors (Lipinski definition) is 4. The minimum atomic E-state index is -0.308. The Morgan fingerprint density at radius 2 is 1.80 bits per heavy atom. The summed E-state index contributed by atoms with van der Waals surface area (Å²) in [6.07, 6.45) is 1.54. The Balaban J connectivity index is 1.51. The summed E-state index contributed by atoms with van der Waals surface area (Å²) in [6.45, 7) is 0.291. The van der Waals surface area contributed by atoms with Crippen LogP contribution in [0.15, 0.2) is 88.4 Å². The highest BCUT2D eigenvalue weighted by atomic mass is 79.9. The van der Waals surface area contributed by atoms with Gasteiger partial charge in [0, 0.05) is 10.2 Å². The molecule has 1 amide bonds. The summed E-state index contributed by atoms with van der Waals surface area (Å²) in [5.74, 6) is 0.309. The van der Waals surface area contributed by atoms with E-state index in [0.717, 1.165) is 10.0 Å². The first-order valence-electron chi connectivity index (χ1n) is 9.30. The van der Waals surface area contributed by atoms with E-state index in [9.17, 15) is 9.59 Å². The zero-order chi connectivity index (χ0) is 20.9. The maximum absolute atomic E-state index is 12.9. The monoisotopic (exact) mass is 463 g/mol. The van der Waals surface area contributed by atoms with Crippen LogP contribution in [0.2, 0.25) is 0 Å². The SMILES string of the molecule is O=C(COc1ccccc1)Nc1ccc2ncn(Cc3ccc(Br)cc3)c(=O)c2c1. The number of aromatic nitrogens is 2. The molecule has 0 unspecified atom stereocenters. The molecule has 1 aromatic heterocycles. The van der Waals surface area contributed by atoms with Gasteiger partial charge in [-0.25, -0.2) is 4.98 Å². The summed E-state index contributed by atoms with van der Waals surface area (Å²) >= 11 is 3.41. The van der Waals surface area contributed by atoms with Gasteiger partial charge in [-0.2, -0.15) is 0 Å². The summed E-state index contributed by atoms with van der Waals surface area (Å²) in [7, 11) is 0. The standard InChI is InChI=1S/C23H18BrN3O3/c24-17-8-6-16(7-9-17)13-27-15-25-21-11-10-18(12-20(21)23(27)29)26-22(28)14-30-19-4-2-1-3-5-19/h1-12,15H,13-14H2,(H,26,28). The molecule has 6 nitrogen and oxygen atoms in total. The quantitative estimate of drug-likeness (QED) is 0.464. The molecule has 0 spiro atoms. The zero-order valence-electron chi connectivity index (χ0n) is 15.9. The lowest BCUT2D eigenvalue weighted by molar-refractivity contribution is -0.118. The normalized spacial score (nSPS) is 10.7. The maximum Gasteiger partial charge on any atom is 0.262 e. The van der Waals surface area contributed by atoms with Gasteiger partial charge in [-0.05, 0) is 48.0 Å². The van der Waals surface area contributed by atoms with E-state index < -0.39 is 0 Å². The Morgan fingerprint density at radius 3 is 2.57 bits per heavy atom. The lowest BCUT2D eigenvalue weighted by atomic mass is 10.2. The van der Waals surface area contributed by atoms with Crippen molar-refractivity contribution in [3.8, 4) is 5.75 Å². The number of benzene rings is 3. The van der Waals surface area contributed by atoms with Crippen LogP contribution in [0, 0.1) is 0 Å². The summed E-state index contributed by atoms with van der Waals surface area (Å²) < 4.78 is 7.98. The number of nitrogens with zero attached hydrogens (tertiary/aromatic N) is 2. The molecule has 0 saturated carbocycles. The second-order valence-electron chi connectivity index (χ2n) is 6.69. The van der Waals surface area contributed by atoms with Crippen molar-refractivity contribution in [3.05, 3.63) is 99.5 Å². The van der Waals surface area contributed by atoms with E-state index in [1.807, 2.05) is 42.5 Å². The average molecular weight is 464 g/mol. The van der Waals surface area contributed by atoms with Crippen molar-refractivity contribution in [2.45, 2.75) is 6.54 Å². The third-order valence-corrected chi connectivity index (χ3v) is 5.02. The van der Waals surface area contributed by atoms with Crippen molar-refractivity contribution in [1.82, 2.24) is 9.55 Å². The van der Waals surface area contributed by atoms with Crippen molar-refractivity contribution in [3.63, 3.8) is 0 Å². The Bertz CT molecular complexity index is 1240. The van der Waals surface area contributed by atoms with Gasteiger partial charge in [0.05, 0.1) is 23.8 Å². The number of carbonyl (C=O) groups is 1. The second-order valence-corrected chi connectivity index (χ2v) is 7.60. The first kappa shape index (κ1) is 19.8. The molecule has 0 saturated heterocycles. The van der Waals surface area contributed by atoms with Crippen LogP contribution < -0.4 is 15.6 Å². The largest absolute Gasteiger partial charge is 0.484 e. The number of carbonyl (C=O) groups excluding carboxylic acids is 1. The summed E-state index contributed by atoms with van der Waals surface area (Å²) in [4.78, 5) is 29.5. The lowest BCUT2D eigenvalue weighted by Crippen LogP contribution is -2.22. The average Bonchev–Trinajstić information content (AvgIpc) is 2.77. The molecule has 0 aliphatic rings. The number of ether oxygens (including phenoxy) is 1. The smallest absolute Gasteiger partial charge is 0.262 e. The Hall–Kier alpha value is -3.45. The van der Waals surface area contributed by atoms with Crippen molar-refractivity contribution in [2.24, 2.45) is 0 Å². The van der Waals surface area contributed by atoms with Gasteiger partial charge in [-0.3, -0.25) is 14.2 Å². The lowest BCUT2D eigenvalue weighted by Gasteiger charge is -2.10. The van der Waals surface area contributed by atoms with Gasteiger partial charge in [0.25, 0.3) is 11.5 Å². The van der Waals surface area contributed by atoms with E-state index in [0.29, 0.717) is 28.9 Å². The van der Waals surface area contributed by atoms with Crippen LogP contribution in [-0.4, -0.2) is 22.1 Å². The number of nitrogens with one attached hydrogen (secondary N) is 1. The van der Waals surface area contributed by atoms with Crippen molar-refractivity contribution in [1.29, 1.82) is 0 Å². The molecular formula is C23H18BrN3O3. The van der Waals surface area contributed by atoms with Crippen LogP contribution in [0.3, 0.4) is 0 Å². The van der Waals surface area contributed by atoms with Gasteiger partial charge >= 0.3 is 0 Å². The van der Waals surface area contributed by atoms with E-state index in [4.69, 9.17) is 4.74 Å². The highest BCUT2D eigenvalue weighted by Crippen LogP contribution is 2.16. The highest BCUT2D eigenvalue weighted by molar-refractivity contribution is 9.10. The number of hydrogen-bond donors (Lipinski definition) is 1. The van der Waals surface area contributed by atoms with Crippen LogP contribution in [0.5, 0.6) is 5.75 Å². The number of halogens is 1. The van der Waals surface area contributed by atoms with Gasteiger partial charge in [-0.1, -0.05) is 46.3 Å². The summed E-state index contributed by atoms with van der Waals surface area (Å²) in [5, 5.41) is 3.20. The third kappa shape index (κ3) is 4.75. The third-order valence-electron chi connectivity index (χ3n) is 4.49. The Labute approximate surface area is 181 Å². The molecule has 0 aliphatic carbocycles. The topological polar surface area (TPSA) is 73.2 Å². The molecule has 0 fully saturated rings. The summed E-state index contributed by atoms with van der Waals surface area (Å²) in [5.41, 5.74) is 1.92. The van der Waals surface area contributed by atoms with Gasteiger partial charge in [0.1, 0.15) is 5.75 Å². The highest BCUT2D eigenvalue weighted by Gasteiger charge is 2.09. The fourth-order valence-electron chi connectivity index (χ4n) is 3.00. The van der Waals surface area contributed by atoms with Crippen LogP contribution >= 0.6 is 15.9 Å². The minimum absolute atomic E-state index is 0.122. The molecule has 4 aromatic rings. The number of para-hydroxylation sites is 1. The van der Waals surface area contributed by atoms with Crippen LogP contribution in [0.1, 0.15) is 5.56 Å². The van der Waals surface area contributed by atoms with Crippen LogP contribution in [0.4, 0.5) is 5.69 Å². The minimum Gasteiger partial charge on any atom is -0.484 e. The first-order chi connectivity index (χ1) is 14.6. The molecular weight excluding hydrogens is 446 g/mol. The van der Waals surface area contributed by atoms with E-state index in [-0.39, 0.29) is 18.1 Å². The maximum atomic E-state index is 12.9. The molecule has 1 heterocycles. The Morgan fingerprint density at radius 1 is 1.03 bits per heavy atom. The molecule has 0 atom stereocenters. The molecule has 4 rings (SSSR count). The number of fused-ring (bicyclic) bond motifs is 1. The Kier molecular flexibility index (Phi) is 5.90. The second kappa shape index (κ2) is 8.92. The van der Waals surface area contributed by atoms with Crippen LogP contribution in [0.25, 0.3) is 10.9 Å². The molecule has 150 valence electrons. The fraction of sp³-hybridized carbons (Fsp3) is 0.0870. The van der Waals surface area contributed by atoms with Crippen LogP contribution in [-0.2, 0) is 11.3 Å². The predicted molar refractivity (Wildman–Crippen MR) is 120 cm³/mol. The number of anilines is 1. The van der Waals surface area contributed by atoms with Gasteiger partial charge < -0.3 is 10.1 Å². The van der Waals surface area contributed by atoms with Crippen molar-refractivity contribution >= 4 is 38.4 Å². The van der Waals surface area contributed by atoms with E-state index in [1.165, 1.54) is 0 Å². The van der Waals surface area contributed by atoms with E-state index in [2.05, 4.69) is 26.2 Å². The molecule has 0 bridgehead atoms. The van der Waals surface area contributed by atoms with Gasteiger partial charge in [0.2, 0.25) is 0 Å². The molecule has 30 heavy (non-hydrogen) atoms. The van der Waals surface area contributed by atoms with Crippen molar-refractivity contribution < 1.29 is 9.53 Å². The molecule has 3 aromatic carbocycles. The zero-order valence-corrected chi connectivity index (χ0v) is 17.5. The first-order valence-corrected chi connectivity index (χ1v) is 10.1. The fourth-order valence-corrected chi connectivity index (χ4v) is 3.26. The number of amides is 1. The summed E-state index contributed by atoms with van der Waals surface area (Å²) in [6, 6.07) is 21.9. The molecule has 0 radical (unpaired) electrons. The van der Waals surface area contributed by atoms with Gasteiger partial charge in [0.15, 0.2) is 6.61 Å². The van der Waals surface area contributed by atoms with E-state index >= 15 is 0 Å². The predicted octanol–water partition coefficient (Wildman–Crippen LogP) is 4.22.